The molecule has 0 amide bonds. The minimum absolute atomic E-state index is 0.619. The first-order chi connectivity index (χ1) is 6.34. The summed E-state index contributed by atoms with van der Waals surface area (Å²) in [6.07, 6.45) is 4.46. The second-order valence-electron chi connectivity index (χ2n) is 3.66. The number of nitrogens with two attached hydrogens (primary N) is 1. The van der Waals surface area contributed by atoms with E-state index in [0.717, 1.165) is 25.6 Å². The number of nitrogen functional groups attached to an aromatic ring is 1. The van der Waals surface area contributed by atoms with Crippen LogP contribution in [0.15, 0.2) is 12.3 Å². The molecule has 1 aliphatic rings. The molecular formula is C9H16N4. The fourth-order valence-electron chi connectivity index (χ4n) is 1.81. The van der Waals surface area contributed by atoms with Gasteiger partial charge in [0.1, 0.15) is 5.82 Å². The molecule has 0 bridgehead atoms. The third-order valence-electron chi connectivity index (χ3n) is 2.57. The second-order valence-corrected chi connectivity index (χ2v) is 3.66. The largest absolute Gasteiger partial charge is 0.382 e. The monoisotopic (exact) mass is 180 g/mol. The Bertz CT molecular complexity index is 262. The van der Waals surface area contributed by atoms with Crippen molar-refractivity contribution in [1.82, 2.24) is 15.1 Å². The molecule has 0 radical (unpaired) electrons. The molecule has 72 valence electrons. The molecule has 4 heteroatoms. The topological polar surface area (TPSA) is 55.9 Å². The van der Waals surface area contributed by atoms with E-state index in [1.165, 1.54) is 12.8 Å². The molecule has 0 spiro atoms. The molecule has 1 aliphatic heterocycles. The van der Waals surface area contributed by atoms with E-state index < -0.39 is 0 Å². The number of rotatable bonds is 2. The highest BCUT2D eigenvalue weighted by atomic mass is 15.3. The van der Waals surface area contributed by atoms with Gasteiger partial charge in [-0.3, -0.25) is 4.68 Å². The highest BCUT2D eigenvalue weighted by molar-refractivity contribution is 5.23. The van der Waals surface area contributed by atoms with Crippen LogP contribution in [0.5, 0.6) is 0 Å². The van der Waals surface area contributed by atoms with Crippen molar-refractivity contribution < 1.29 is 0 Å². The smallest absolute Gasteiger partial charge is 0.145 e. The van der Waals surface area contributed by atoms with Crippen LogP contribution in [0.25, 0.3) is 0 Å². The quantitative estimate of drug-likeness (QED) is 0.695. The summed E-state index contributed by atoms with van der Waals surface area (Å²) < 4.78 is 1.95. The molecule has 1 aromatic rings. The lowest BCUT2D eigenvalue weighted by Gasteiger charge is -2.22. The van der Waals surface area contributed by atoms with Gasteiger partial charge in [-0.2, -0.15) is 5.10 Å². The molecule has 0 atom stereocenters. The highest BCUT2D eigenvalue weighted by Crippen LogP contribution is 2.13. The standard InChI is InChI=1S/C9H16N4/c10-9-3-6-13(12-9)7-8-1-4-11-5-2-8/h3,6,8,11H,1-2,4-5,7H2,(H2,10,12). The van der Waals surface area contributed by atoms with Gasteiger partial charge in [-0.1, -0.05) is 0 Å². The maximum absolute atomic E-state index is 5.54. The first-order valence-electron chi connectivity index (χ1n) is 4.84. The maximum Gasteiger partial charge on any atom is 0.145 e. The van der Waals surface area contributed by atoms with E-state index in [4.69, 9.17) is 5.73 Å². The third-order valence-corrected chi connectivity index (χ3v) is 2.57. The van der Waals surface area contributed by atoms with Crippen molar-refractivity contribution >= 4 is 5.82 Å². The van der Waals surface area contributed by atoms with Crippen LogP contribution in [0.4, 0.5) is 5.82 Å². The fraction of sp³-hybridized carbons (Fsp3) is 0.667. The molecular weight excluding hydrogens is 164 g/mol. The van der Waals surface area contributed by atoms with Crippen LogP contribution in [-0.2, 0) is 6.54 Å². The summed E-state index contributed by atoms with van der Waals surface area (Å²) in [5.74, 6) is 1.38. The number of hydrogen-bond donors (Lipinski definition) is 2. The minimum atomic E-state index is 0.619. The van der Waals surface area contributed by atoms with E-state index in [0.29, 0.717) is 5.82 Å². The van der Waals surface area contributed by atoms with E-state index >= 15 is 0 Å². The molecule has 4 nitrogen and oxygen atoms in total. The number of anilines is 1. The molecule has 1 aromatic heterocycles. The van der Waals surface area contributed by atoms with Crippen molar-refractivity contribution in [3.05, 3.63) is 12.3 Å². The molecule has 0 unspecified atom stereocenters. The molecule has 0 saturated carbocycles. The van der Waals surface area contributed by atoms with Crippen molar-refractivity contribution in [1.29, 1.82) is 0 Å². The normalized spacial score (nSPS) is 19.1. The maximum atomic E-state index is 5.54. The van der Waals surface area contributed by atoms with Crippen molar-refractivity contribution in [2.24, 2.45) is 5.92 Å². The predicted molar refractivity (Wildman–Crippen MR) is 52.2 cm³/mol. The van der Waals surface area contributed by atoms with Gasteiger partial charge < -0.3 is 11.1 Å². The van der Waals surface area contributed by atoms with Gasteiger partial charge in [0.2, 0.25) is 0 Å². The summed E-state index contributed by atoms with van der Waals surface area (Å²) in [4.78, 5) is 0. The van der Waals surface area contributed by atoms with Crippen molar-refractivity contribution in [2.75, 3.05) is 18.8 Å². The highest BCUT2D eigenvalue weighted by Gasteiger charge is 2.13. The van der Waals surface area contributed by atoms with E-state index in [1.807, 2.05) is 16.9 Å². The van der Waals surface area contributed by atoms with Gasteiger partial charge >= 0.3 is 0 Å². The lowest BCUT2D eigenvalue weighted by atomic mass is 9.98. The Balaban J connectivity index is 1.89. The van der Waals surface area contributed by atoms with Gasteiger partial charge in [0, 0.05) is 12.7 Å². The Hall–Kier alpha value is -1.03. The zero-order valence-electron chi connectivity index (χ0n) is 7.74. The van der Waals surface area contributed by atoms with Crippen LogP contribution in [-0.4, -0.2) is 22.9 Å². The fourth-order valence-corrected chi connectivity index (χ4v) is 1.81. The molecule has 0 aliphatic carbocycles. The molecule has 2 heterocycles. The number of nitrogens with zero attached hydrogens (tertiary/aromatic N) is 2. The van der Waals surface area contributed by atoms with Gasteiger partial charge in [-0.25, -0.2) is 0 Å². The Morgan fingerprint density at radius 3 is 2.92 bits per heavy atom. The van der Waals surface area contributed by atoms with E-state index in [2.05, 4.69) is 10.4 Å². The average molecular weight is 180 g/mol. The van der Waals surface area contributed by atoms with Crippen LogP contribution < -0.4 is 11.1 Å². The second kappa shape index (κ2) is 3.79. The van der Waals surface area contributed by atoms with Crippen LogP contribution in [0.3, 0.4) is 0 Å². The number of piperidine rings is 1. The summed E-state index contributed by atoms with van der Waals surface area (Å²) in [5.41, 5.74) is 5.54. The SMILES string of the molecule is Nc1ccn(CC2CCNCC2)n1. The third kappa shape index (κ3) is 2.21. The predicted octanol–water partition coefficient (Wildman–Crippen LogP) is 0.465. The van der Waals surface area contributed by atoms with Gasteiger partial charge in [0.15, 0.2) is 0 Å². The Labute approximate surface area is 78.1 Å². The van der Waals surface area contributed by atoms with Gasteiger partial charge in [0.25, 0.3) is 0 Å². The van der Waals surface area contributed by atoms with Crippen molar-refractivity contribution in [2.45, 2.75) is 19.4 Å². The lowest BCUT2D eigenvalue weighted by molar-refractivity contribution is 0.321. The van der Waals surface area contributed by atoms with Gasteiger partial charge in [-0.15, -0.1) is 0 Å². The Morgan fingerprint density at radius 1 is 1.54 bits per heavy atom. The summed E-state index contributed by atoms with van der Waals surface area (Å²) in [7, 11) is 0. The zero-order valence-corrected chi connectivity index (χ0v) is 7.74. The Morgan fingerprint density at radius 2 is 2.31 bits per heavy atom. The molecule has 3 N–H and O–H groups in total. The molecule has 0 aromatic carbocycles. The first-order valence-corrected chi connectivity index (χ1v) is 4.84. The molecule has 13 heavy (non-hydrogen) atoms. The first kappa shape index (κ1) is 8.56. The van der Waals surface area contributed by atoms with Crippen molar-refractivity contribution in [3.63, 3.8) is 0 Å². The van der Waals surface area contributed by atoms with Crippen LogP contribution in [0, 0.1) is 5.92 Å². The summed E-state index contributed by atoms with van der Waals surface area (Å²) >= 11 is 0. The zero-order chi connectivity index (χ0) is 9.10. The summed E-state index contributed by atoms with van der Waals surface area (Å²) in [5, 5.41) is 7.53. The van der Waals surface area contributed by atoms with Gasteiger partial charge in [-0.05, 0) is 37.9 Å². The summed E-state index contributed by atoms with van der Waals surface area (Å²) in [6, 6.07) is 1.85. The number of hydrogen-bond acceptors (Lipinski definition) is 3. The van der Waals surface area contributed by atoms with Gasteiger partial charge in [0.05, 0.1) is 0 Å². The van der Waals surface area contributed by atoms with Crippen LogP contribution in [0.1, 0.15) is 12.8 Å². The van der Waals surface area contributed by atoms with E-state index in [1.54, 1.807) is 0 Å². The lowest BCUT2D eigenvalue weighted by Crippen LogP contribution is -2.30. The summed E-state index contributed by atoms with van der Waals surface area (Å²) in [6.45, 7) is 3.29. The Kier molecular flexibility index (Phi) is 2.49. The minimum Gasteiger partial charge on any atom is -0.382 e. The number of aromatic nitrogens is 2. The molecule has 1 saturated heterocycles. The number of nitrogens with one attached hydrogen (secondary N) is 1. The van der Waals surface area contributed by atoms with Crippen molar-refractivity contribution in [3.8, 4) is 0 Å². The molecule has 2 rings (SSSR count). The average Bonchev–Trinajstić information content (AvgIpc) is 2.53. The van der Waals surface area contributed by atoms with Crippen LogP contribution >= 0.6 is 0 Å². The molecule has 1 fully saturated rings. The van der Waals surface area contributed by atoms with Crippen LogP contribution in [0.2, 0.25) is 0 Å². The van der Waals surface area contributed by atoms with E-state index in [9.17, 15) is 0 Å². The van der Waals surface area contributed by atoms with E-state index in [-0.39, 0.29) is 0 Å².